The third-order valence-electron chi connectivity index (χ3n) is 1.73. The van der Waals surface area contributed by atoms with Crippen LogP contribution in [0.2, 0.25) is 0 Å². The highest BCUT2D eigenvalue weighted by molar-refractivity contribution is 6.14. The number of hydrogen-bond donors (Lipinski definition) is 1. The average Bonchev–Trinajstić information content (AvgIpc) is 2.34. The van der Waals surface area contributed by atoms with Crippen LogP contribution in [0, 0.1) is 0 Å². The number of aromatic nitrogens is 1. The summed E-state index contributed by atoms with van der Waals surface area (Å²) in [4.78, 5) is 18.3. The normalized spacial score (nSPS) is 16.1. The molecule has 0 saturated heterocycles. The molecule has 1 aliphatic rings. The van der Waals surface area contributed by atoms with Crippen LogP contribution in [0.5, 0.6) is 0 Å². The molecular formula is C8H8N2O. The van der Waals surface area contributed by atoms with Crippen LogP contribution in [0.25, 0.3) is 0 Å². The molecule has 0 fully saturated rings. The smallest absolute Gasteiger partial charge is 0.186 e. The monoisotopic (exact) mass is 148 g/mol. The van der Waals surface area contributed by atoms with E-state index in [-0.39, 0.29) is 5.78 Å². The second-order valence-corrected chi connectivity index (χ2v) is 2.68. The van der Waals surface area contributed by atoms with E-state index in [1.807, 2.05) is 13.0 Å². The number of Topliss-reactive ketones (excluding diaryl/α,β-unsaturated/α-hetero) is 1. The lowest BCUT2D eigenvalue weighted by molar-refractivity contribution is 0.0995. The van der Waals surface area contributed by atoms with Gasteiger partial charge in [0.15, 0.2) is 5.78 Å². The summed E-state index contributed by atoms with van der Waals surface area (Å²) >= 11 is 0. The Morgan fingerprint density at radius 2 is 2.45 bits per heavy atom. The van der Waals surface area contributed by atoms with Crippen molar-refractivity contribution in [2.75, 3.05) is 0 Å². The summed E-state index contributed by atoms with van der Waals surface area (Å²) in [5, 5.41) is 0. The van der Waals surface area contributed by atoms with Crippen molar-refractivity contribution in [3.8, 4) is 0 Å². The molecule has 0 atom stereocenters. The van der Waals surface area contributed by atoms with E-state index in [9.17, 15) is 4.79 Å². The fourth-order valence-corrected chi connectivity index (χ4v) is 1.24. The van der Waals surface area contributed by atoms with Crippen molar-refractivity contribution in [2.24, 2.45) is 4.99 Å². The number of aliphatic imine (C=N–C) groups is 1. The molecule has 1 N–H and O–H groups in total. The fraction of sp³-hybridized carbons (Fsp3) is 0.250. The Bertz CT molecular complexity index is 336. The highest BCUT2D eigenvalue weighted by Gasteiger charge is 2.17. The van der Waals surface area contributed by atoms with Gasteiger partial charge in [-0.3, -0.25) is 9.79 Å². The second-order valence-electron chi connectivity index (χ2n) is 2.68. The van der Waals surface area contributed by atoms with Crippen LogP contribution in [0.15, 0.2) is 17.3 Å². The van der Waals surface area contributed by atoms with Crippen molar-refractivity contribution >= 4 is 17.2 Å². The summed E-state index contributed by atoms with van der Waals surface area (Å²) in [6.07, 6.45) is 2.19. The second kappa shape index (κ2) is 2.05. The van der Waals surface area contributed by atoms with E-state index in [1.54, 1.807) is 6.20 Å². The van der Waals surface area contributed by atoms with Crippen molar-refractivity contribution in [1.29, 1.82) is 0 Å². The molecule has 0 saturated carbocycles. The van der Waals surface area contributed by atoms with E-state index in [2.05, 4.69) is 9.98 Å². The van der Waals surface area contributed by atoms with Crippen molar-refractivity contribution in [3.05, 3.63) is 18.0 Å². The number of H-pyrrole nitrogens is 1. The maximum absolute atomic E-state index is 11.2. The Morgan fingerprint density at radius 1 is 1.64 bits per heavy atom. The predicted molar refractivity (Wildman–Crippen MR) is 42.5 cm³/mol. The van der Waals surface area contributed by atoms with E-state index in [1.165, 1.54) is 0 Å². The van der Waals surface area contributed by atoms with Crippen molar-refractivity contribution in [3.63, 3.8) is 0 Å². The van der Waals surface area contributed by atoms with Gasteiger partial charge in [0, 0.05) is 11.9 Å². The first-order chi connectivity index (χ1) is 5.27. The molecule has 0 radical (unpaired) electrons. The van der Waals surface area contributed by atoms with Crippen LogP contribution in [-0.4, -0.2) is 16.5 Å². The van der Waals surface area contributed by atoms with Crippen molar-refractivity contribution < 1.29 is 4.79 Å². The van der Waals surface area contributed by atoms with Gasteiger partial charge in [-0.05, 0) is 13.0 Å². The summed E-state index contributed by atoms with van der Waals surface area (Å²) in [6, 6.07) is 1.82. The van der Waals surface area contributed by atoms with Gasteiger partial charge < -0.3 is 4.98 Å². The Hall–Kier alpha value is -1.38. The molecule has 56 valence electrons. The molecule has 3 heteroatoms. The van der Waals surface area contributed by atoms with Gasteiger partial charge in [0.25, 0.3) is 0 Å². The molecule has 1 aromatic heterocycles. The average molecular weight is 148 g/mol. The van der Waals surface area contributed by atoms with Crippen LogP contribution < -0.4 is 0 Å². The molecule has 1 aromatic rings. The standard InChI is InChI=1S/C8H8N2O/c1-5-4-7(11)8-6(10-5)2-3-9-8/h2-3,9H,4H2,1H3. The van der Waals surface area contributed by atoms with E-state index >= 15 is 0 Å². The number of carbonyl (C=O) groups is 1. The SMILES string of the molecule is CC1=Nc2cc[nH]c2C(=O)C1. The van der Waals surface area contributed by atoms with Gasteiger partial charge in [0.05, 0.1) is 12.1 Å². The van der Waals surface area contributed by atoms with Gasteiger partial charge in [-0.1, -0.05) is 0 Å². The number of aromatic amines is 1. The lowest BCUT2D eigenvalue weighted by atomic mass is 10.1. The lowest BCUT2D eigenvalue weighted by Crippen LogP contribution is -2.09. The Kier molecular flexibility index (Phi) is 1.18. The minimum Gasteiger partial charge on any atom is -0.357 e. The quantitative estimate of drug-likeness (QED) is 0.597. The number of carbonyl (C=O) groups excluding carboxylic acids is 1. The van der Waals surface area contributed by atoms with E-state index < -0.39 is 0 Å². The fourth-order valence-electron chi connectivity index (χ4n) is 1.24. The van der Waals surface area contributed by atoms with Gasteiger partial charge >= 0.3 is 0 Å². The van der Waals surface area contributed by atoms with Crippen molar-refractivity contribution in [1.82, 2.24) is 4.98 Å². The van der Waals surface area contributed by atoms with E-state index in [0.29, 0.717) is 12.1 Å². The summed E-state index contributed by atoms with van der Waals surface area (Å²) < 4.78 is 0. The number of rotatable bonds is 0. The molecule has 1 aliphatic heterocycles. The summed E-state index contributed by atoms with van der Waals surface area (Å²) in [5.74, 6) is 0.137. The Labute approximate surface area is 64.2 Å². The molecule has 11 heavy (non-hydrogen) atoms. The molecule has 0 amide bonds. The highest BCUT2D eigenvalue weighted by Crippen LogP contribution is 2.23. The van der Waals surface area contributed by atoms with Gasteiger partial charge in [-0.25, -0.2) is 0 Å². The van der Waals surface area contributed by atoms with Crippen molar-refractivity contribution in [2.45, 2.75) is 13.3 Å². The zero-order valence-electron chi connectivity index (χ0n) is 6.22. The largest absolute Gasteiger partial charge is 0.357 e. The highest BCUT2D eigenvalue weighted by atomic mass is 16.1. The maximum Gasteiger partial charge on any atom is 0.186 e. The topological polar surface area (TPSA) is 45.2 Å². The minimum absolute atomic E-state index is 0.137. The maximum atomic E-state index is 11.2. The molecule has 0 unspecified atom stereocenters. The predicted octanol–water partition coefficient (Wildman–Crippen LogP) is 1.69. The Balaban J connectivity index is 2.60. The molecule has 0 spiro atoms. The molecule has 2 heterocycles. The number of hydrogen-bond acceptors (Lipinski definition) is 2. The van der Waals surface area contributed by atoms with Crippen LogP contribution in [-0.2, 0) is 0 Å². The van der Waals surface area contributed by atoms with Gasteiger partial charge in [0.2, 0.25) is 0 Å². The number of ketones is 1. The number of fused-ring (bicyclic) bond motifs is 1. The third kappa shape index (κ3) is 0.888. The Morgan fingerprint density at radius 3 is 3.27 bits per heavy atom. The van der Waals surface area contributed by atoms with Gasteiger partial charge in [-0.2, -0.15) is 0 Å². The molecule has 2 rings (SSSR count). The molecule has 0 aliphatic carbocycles. The van der Waals surface area contributed by atoms with E-state index in [0.717, 1.165) is 11.4 Å². The number of nitrogens with one attached hydrogen (secondary N) is 1. The van der Waals surface area contributed by atoms with Crippen LogP contribution >= 0.6 is 0 Å². The summed E-state index contributed by atoms with van der Waals surface area (Å²) in [6.45, 7) is 1.87. The lowest BCUT2D eigenvalue weighted by Gasteiger charge is -2.06. The first kappa shape index (κ1) is 6.34. The first-order valence-corrected chi connectivity index (χ1v) is 3.52. The van der Waals surface area contributed by atoms with Crippen LogP contribution in [0.3, 0.4) is 0 Å². The van der Waals surface area contributed by atoms with Crippen LogP contribution in [0.4, 0.5) is 5.69 Å². The zero-order valence-corrected chi connectivity index (χ0v) is 6.22. The third-order valence-corrected chi connectivity index (χ3v) is 1.73. The van der Waals surface area contributed by atoms with Gasteiger partial charge in [-0.15, -0.1) is 0 Å². The number of nitrogens with zero attached hydrogens (tertiary/aromatic N) is 1. The zero-order chi connectivity index (χ0) is 7.84. The first-order valence-electron chi connectivity index (χ1n) is 3.52. The van der Waals surface area contributed by atoms with Gasteiger partial charge in [0.1, 0.15) is 5.69 Å². The molecular weight excluding hydrogens is 140 g/mol. The summed E-state index contributed by atoms with van der Waals surface area (Å²) in [5.41, 5.74) is 2.32. The molecule has 0 bridgehead atoms. The summed E-state index contributed by atoms with van der Waals surface area (Å²) in [7, 11) is 0. The molecule has 3 nitrogen and oxygen atoms in total. The molecule has 0 aromatic carbocycles. The van der Waals surface area contributed by atoms with E-state index in [4.69, 9.17) is 0 Å². The minimum atomic E-state index is 0.137. The van der Waals surface area contributed by atoms with Crippen LogP contribution in [0.1, 0.15) is 23.8 Å².